The lowest BCUT2D eigenvalue weighted by atomic mass is 10.2. The zero-order valence-electron chi connectivity index (χ0n) is 13.7. The van der Waals surface area contributed by atoms with Gasteiger partial charge in [-0.3, -0.25) is 9.10 Å². The number of benzene rings is 2. The van der Waals surface area contributed by atoms with E-state index in [0.717, 1.165) is 18.4 Å². The van der Waals surface area contributed by atoms with Crippen molar-refractivity contribution in [2.75, 3.05) is 22.4 Å². The minimum Gasteiger partial charge on any atom is -0.324 e. The SMILES string of the molecule is CS(=O)(=O)N(CC(=O)Nc1cccc(Br)c1)c1cc(C(F)(F)F)ccc1Cl. The fourth-order valence-electron chi connectivity index (χ4n) is 2.16. The van der Waals surface area contributed by atoms with Crippen LogP contribution >= 0.6 is 27.5 Å². The van der Waals surface area contributed by atoms with Gasteiger partial charge in [0.2, 0.25) is 15.9 Å². The molecule has 5 nitrogen and oxygen atoms in total. The number of nitrogens with zero attached hydrogens (tertiary/aromatic N) is 1. The van der Waals surface area contributed by atoms with Crippen molar-refractivity contribution in [1.82, 2.24) is 0 Å². The second-order valence-corrected chi connectivity index (χ2v) is 8.72. The molecule has 0 heterocycles. The minimum absolute atomic E-state index is 0.233. The van der Waals surface area contributed by atoms with Gasteiger partial charge in [-0.2, -0.15) is 13.2 Å². The van der Waals surface area contributed by atoms with Gasteiger partial charge < -0.3 is 5.32 Å². The van der Waals surface area contributed by atoms with Crippen LogP contribution in [0, 0.1) is 0 Å². The van der Waals surface area contributed by atoms with Gasteiger partial charge >= 0.3 is 6.18 Å². The monoisotopic (exact) mass is 484 g/mol. The molecule has 0 aliphatic rings. The van der Waals surface area contributed by atoms with Gasteiger partial charge in [0, 0.05) is 10.2 Å². The molecule has 0 bridgehead atoms. The van der Waals surface area contributed by atoms with Gasteiger partial charge in [-0.1, -0.05) is 33.6 Å². The van der Waals surface area contributed by atoms with E-state index < -0.39 is 39.9 Å². The molecule has 0 aliphatic carbocycles. The molecule has 146 valence electrons. The van der Waals surface area contributed by atoms with Crippen molar-refractivity contribution in [2.24, 2.45) is 0 Å². The maximum Gasteiger partial charge on any atom is 0.416 e. The van der Waals surface area contributed by atoms with Crippen LogP contribution in [0.4, 0.5) is 24.5 Å². The highest BCUT2D eigenvalue weighted by molar-refractivity contribution is 9.10. The number of amides is 1. The normalized spacial score (nSPS) is 11.9. The third-order valence-corrected chi connectivity index (χ3v) is 5.28. The lowest BCUT2D eigenvalue weighted by Crippen LogP contribution is -2.37. The number of carbonyl (C=O) groups is 1. The van der Waals surface area contributed by atoms with Crippen LogP contribution in [0.1, 0.15) is 5.56 Å². The van der Waals surface area contributed by atoms with E-state index in [1.807, 2.05) is 0 Å². The minimum atomic E-state index is -4.69. The summed E-state index contributed by atoms with van der Waals surface area (Å²) in [4.78, 5) is 12.2. The summed E-state index contributed by atoms with van der Waals surface area (Å²) in [7, 11) is -4.09. The van der Waals surface area contributed by atoms with E-state index in [9.17, 15) is 26.4 Å². The van der Waals surface area contributed by atoms with Crippen LogP contribution in [0.3, 0.4) is 0 Å². The summed E-state index contributed by atoms with van der Waals surface area (Å²) in [5, 5.41) is 2.25. The van der Waals surface area contributed by atoms with Crippen molar-refractivity contribution in [3.63, 3.8) is 0 Å². The Hall–Kier alpha value is -1.78. The molecule has 0 aromatic heterocycles. The van der Waals surface area contributed by atoms with Gasteiger partial charge in [0.25, 0.3) is 0 Å². The van der Waals surface area contributed by atoms with E-state index >= 15 is 0 Å². The first-order valence-corrected chi connectivity index (χ1v) is 10.3. The Morgan fingerprint density at radius 1 is 1.22 bits per heavy atom. The molecule has 0 atom stereocenters. The Balaban J connectivity index is 2.35. The van der Waals surface area contributed by atoms with Crippen LogP contribution in [0.15, 0.2) is 46.9 Å². The average molecular weight is 486 g/mol. The fraction of sp³-hybridized carbons (Fsp3) is 0.188. The summed E-state index contributed by atoms with van der Waals surface area (Å²) in [5.41, 5.74) is -1.13. The molecule has 2 aromatic rings. The molecule has 0 spiro atoms. The molecule has 11 heteroatoms. The number of carbonyl (C=O) groups excluding carboxylic acids is 1. The van der Waals surface area contributed by atoms with E-state index in [0.29, 0.717) is 20.5 Å². The Kier molecular flexibility index (Phi) is 6.43. The Morgan fingerprint density at radius 3 is 2.44 bits per heavy atom. The van der Waals surface area contributed by atoms with Gasteiger partial charge in [-0.25, -0.2) is 8.42 Å². The number of nitrogens with one attached hydrogen (secondary N) is 1. The largest absolute Gasteiger partial charge is 0.416 e. The maximum absolute atomic E-state index is 13.0. The van der Waals surface area contributed by atoms with E-state index in [1.54, 1.807) is 24.3 Å². The number of alkyl halides is 3. The molecule has 1 amide bonds. The molecule has 0 aliphatic heterocycles. The van der Waals surface area contributed by atoms with E-state index in [1.165, 1.54) is 0 Å². The summed E-state index contributed by atoms with van der Waals surface area (Å²) in [6.07, 6.45) is -3.92. The van der Waals surface area contributed by atoms with Crippen molar-refractivity contribution >= 4 is 54.8 Å². The Labute approximate surface area is 167 Å². The molecule has 0 saturated heterocycles. The van der Waals surface area contributed by atoms with E-state index in [2.05, 4.69) is 21.2 Å². The first-order chi connectivity index (χ1) is 12.4. The number of hydrogen-bond donors (Lipinski definition) is 1. The molecule has 1 N–H and O–H groups in total. The molecule has 0 unspecified atom stereocenters. The van der Waals surface area contributed by atoms with Gasteiger partial charge in [0.15, 0.2) is 0 Å². The zero-order chi connectivity index (χ0) is 20.4. The standard InChI is InChI=1S/C16H13BrClF3N2O3S/c1-27(25,26)23(9-15(24)22-12-4-2-3-11(17)8-12)14-7-10(16(19,20)21)5-6-13(14)18/h2-8H,9H2,1H3,(H,22,24). The zero-order valence-corrected chi connectivity index (χ0v) is 16.9. The van der Waals surface area contributed by atoms with Gasteiger partial charge in [0.05, 0.1) is 22.5 Å². The Morgan fingerprint density at radius 2 is 1.89 bits per heavy atom. The fourth-order valence-corrected chi connectivity index (χ4v) is 3.69. The van der Waals surface area contributed by atoms with E-state index in [-0.39, 0.29) is 5.02 Å². The predicted octanol–water partition coefficient (Wildman–Crippen LogP) is 4.53. The van der Waals surface area contributed by atoms with Crippen LogP contribution in [0.2, 0.25) is 5.02 Å². The van der Waals surface area contributed by atoms with Crippen LogP contribution in [0.5, 0.6) is 0 Å². The summed E-state index contributed by atoms with van der Waals surface area (Å²) in [5.74, 6) is -0.744. The number of rotatable bonds is 5. The summed E-state index contributed by atoms with van der Waals surface area (Å²) in [6, 6.07) is 8.79. The van der Waals surface area contributed by atoms with Crippen molar-refractivity contribution in [3.8, 4) is 0 Å². The van der Waals surface area contributed by atoms with Crippen LogP contribution in [0.25, 0.3) is 0 Å². The highest BCUT2D eigenvalue weighted by atomic mass is 79.9. The van der Waals surface area contributed by atoms with Crippen molar-refractivity contribution < 1.29 is 26.4 Å². The predicted molar refractivity (Wildman–Crippen MR) is 101 cm³/mol. The topological polar surface area (TPSA) is 66.5 Å². The first kappa shape index (κ1) is 21.5. The summed E-state index contributed by atoms with van der Waals surface area (Å²) < 4.78 is 64.2. The number of anilines is 2. The summed E-state index contributed by atoms with van der Waals surface area (Å²) in [6.45, 7) is -0.744. The lowest BCUT2D eigenvalue weighted by molar-refractivity contribution is -0.137. The van der Waals surface area contributed by atoms with Gasteiger partial charge in [-0.15, -0.1) is 0 Å². The van der Waals surface area contributed by atoms with Crippen molar-refractivity contribution in [3.05, 3.63) is 57.5 Å². The van der Waals surface area contributed by atoms with Gasteiger partial charge in [-0.05, 0) is 36.4 Å². The van der Waals surface area contributed by atoms with Crippen molar-refractivity contribution in [2.45, 2.75) is 6.18 Å². The first-order valence-electron chi connectivity index (χ1n) is 7.28. The van der Waals surface area contributed by atoms with Crippen LogP contribution in [-0.4, -0.2) is 27.1 Å². The smallest absolute Gasteiger partial charge is 0.324 e. The summed E-state index contributed by atoms with van der Waals surface area (Å²) >= 11 is 9.13. The number of sulfonamides is 1. The van der Waals surface area contributed by atoms with Gasteiger partial charge in [0.1, 0.15) is 6.54 Å². The van der Waals surface area contributed by atoms with Crippen LogP contribution in [-0.2, 0) is 21.0 Å². The highest BCUT2D eigenvalue weighted by Gasteiger charge is 2.33. The van der Waals surface area contributed by atoms with E-state index in [4.69, 9.17) is 11.6 Å². The molecular weight excluding hydrogens is 473 g/mol. The lowest BCUT2D eigenvalue weighted by Gasteiger charge is -2.24. The Bertz CT molecular complexity index is 968. The molecule has 27 heavy (non-hydrogen) atoms. The second-order valence-electron chi connectivity index (χ2n) is 5.49. The molecule has 2 aromatic carbocycles. The average Bonchev–Trinajstić information content (AvgIpc) is 2.51. The second kappa shape index (κ2) is 8.07. The molecule has 2 rings (SSSR count). The highest BCUT2D eigenvalue weighted by Crippen LogP contribution is 2.36. The quantitative estimate of drug-likeness (QED) is 0.677. The van der Waals surface area contributed by atoms with Crippen LogP contribution < -0.4 is 9.62 Å². The third-order valence-electron chi connectivity index (χ3n) is 3.34. The maximum atomic E-state index is 13.0. The molecule has 0 fully saturated rings. The molecule has 0 radical (unpaired) electrons. The third kappa shape index (κ3) is 5.85. The molecular formula is C16H13BrClF3N2O3S. The number of hydrogen-bond acceptors (Lipinski definition) is 3. The molecule has 0 saturated carbocycles. The van der Waals surface area contributed by atoms with Crippen molar-refractivity contribution in [1.29, 1.82) is 0 Å². The number of halogens is 5.